The molecule has 1 atom stereocenters. The second-order valence-electron chi connectivity index (χ2n) is 11.3. The van der Waals surface area contributed by atoms with Gasteiger partial charge in [0, 0.05) is 22.6 Å². The van der Waals surface area contributed by atoms with Crippen LogP contribution in [0.1, 0.15) is 57.0 Å². The Balaban J connectivity index is 1.58. The number of rotatable bonds is 8. The molecule has 0 unspecified atom stereocenters. The normalized spacial score (nSPS) is 14.4. The fourth-order valence-electron chi connectivity index (χ4n) is 6.18. The maximum Gasteiger partial charge on any atom is 0.338 e. The van der Waals surface area contributed by atoms with Crippen LogP contribution in [0.3, 0.4) is 0 Å². The van der Waals surface area contributed by atoms with E-state index in [1.54, 1.807) is 24.7 Å². The number of carbonyl (C=O) groups excluding carboxylic acids is 2. The molecule has 9 nitrogen and oxygen atoms in total. The third-order valence-electron chi connectivity index (χ3n) is 8.51. The number of nitrogens with zero attached hydrogens (tertiary/aromatic N) is 3. The molecule has 6 rings (SSSR count). The highest BCUT2D eigenvalue weighted by atomic mass is 32.1. The summed E-state index contributed by atoms with van der Waals surface area (Å²) in [5.41, 5.74) is 6.72. The number of carbonyl (C=O) groups is 2. The van der Waals surface area contributed by atoms with Crippen LogP contribution in [0, 0.1) is 20.8 Å². The molecular formula is C38H35N3O6S. The van der Waals surface area contributed by atoms with Crippen LogP contribution >= 0.6 is 11.3 Å². The minimum absolute atomic E-state index is 0.168. The standard InChI is InChI=1S/C38H35N3O6S/c1-7-47-37(44)32-33(25-12-9-8-10-13-25)39-38-41(34(32)26-16-18-28(45-5)19-17-26)35(42)31(48-38)21-27-20-22(2)40(24(27)4)30-15-11-14-29(23(30)3)36(43)46-6/h8-21,34H,7H2,1-6H3/b31-21+/t34-/m0/s1. The molecule has 0 bridgehead atoms. The van der Waals surface area contributed by atoms with Crippen LogP contribution in [0.25, 0.3) is 17.5 Å². The van der Waals surface area contributed by atoms with Crippen molar-refractivity contribution < 1.29 is 23.8 Å². The maximum absolute atomic E-state index is 14.4. The first kappa shape index (κ1) is 32.5. The summed E-state index contributed by atoms with van der Waals surface area (Å²) in [4.78, 5) is 46.0. The molecule has 0 aliphatic carbocycles. The van der Waals surface area contributed by atoms with Crippen molar-refractivity contribution in [3.05, 3.63) is 143 Å². The lowest BCUT2D eigenvalue weighted by atomic mass is 9.93. The molecule has 0 N–H and O–H groups in total. The van der Waals surface area contributed by atoms with Gasteiger partial charge in [0.15, 0.2) is 4.80 Å². The van der Waals surface area contributed by atoms with Crippen LogP contribution in [-0.4, -0.2) is 41.9 Å². The molecule has 10 heteroatoms. The number of hydrogen-bond donors (Lipinski definition) is 0. The zero-order chi connectivity index (χ0) is 34.1. The van der Waals surface area contributed by atoms with E-state index < -0.39 is 18.0 Å². The van der Waals surface area contributed by atoms with E-state index in [0.717, 1.165) is 33.8 Å². The lowest BCUT2D eigenvalue weighted by Crippen LogP contribution is -2.40. The van der Waals surface area contributed by atoms with Gasteiger partial charge in [-0.25, -0.2) is 14.6 Å². The van der Waals surface area contributed by atoms with Gasteiger partial charge in [0.25, 0.3) is 5.56 Å². The topological polar surface area (TPSA) is 101 Å². The van der Waals surface area contributed by atoms with E-state index >= 15 is 0 Å². The minimum Gasteiger partial charge on any atom is -0.497 e. The third-order valence-corrected chi connectivity index (χ3v) is 9.50. The van der Waals surface area contributed by atoms with Gasteiger partial charge in [0.05, 0.1) is 48.2 Å². The summed E-state index contributed by atoms with van der Waals surface area (Å²) in [6, 6.07) is 23.5. The van der Waals surface area contributed by atoms with Crippen LogP contribution < -0.4 is 19.6 Å². The van der Waals surface area contributed by atoms with Gasteiger partial charge in [0.1, 0.15) is 5.75 Å². The first-order valence-electron chi connectivity index (χ1n) is 15.5. The van der Waals surface area contributed by atoms with E-state index in [1.165, 1.54) is 18.4 Å². The Morgan fingerprint density at radius 3 is 2.33 bits per heavy atom. The van der Waals surface area contributed by atoms with E-state index in [4.69, 9.17) is 19.2 Å². The van der Waals surface area contributed by atoms with E-state index in [-0.39, 0.29) is 17.7 Å². The highest BCUT2D eigenvalue weighted by Crippen LogP contribution is 2.36. The highest BCUT2D eigenvalue weighted by molar-refractivity contribution is 7.07. The molecule has 48 heavy (non-hydrogen) atoms. The summed E-state index contributed by atoms with van der Waals surface area (Å²) in [5.74, 6) is -0.288. The van der Waals surface area contributed by atoms with Gasteiger partial charge in [-0.3, -0.25) is 9.36 Å². The Morgan fingerprint density at radius 1 is 0.938 bits per heavy atom. The molecule has 3 heterocycles. The number of aromatic nitrogens is 2. The molecule has 0 saturated carbocycles. The lowest BCUT2D eigenvalue weighted by molar-refractivity contribution is -0.138. The predicted molar refractivity (Wildman–Crippen MR) is 185 cm³/mol. The van der Waals surface area contributed by atoms with Crippen molar-refractivity contribution >= 4 is 35.0 Å². The summed E-state index contributed by atoms with van der Waals surface area (Å²) in [6.45, 7) is 7.77. The monoisotopic (exact) mass is 661 g/mol. The van der Waals surface area contributed by atoms with Crippen LogP contribution in [0.4, 0.5) is 0 Å². The van der Waals surface area contributed by atoms with Crippen molar-refractivity contribution in [2.45, 2.75) is 33.7 Å². The van der Waals surface area contributed by atoms with Crippen LogP contribution in [0.5, 0.6) is 5.75 Å². The SMILES string of the molecule is CCOC(=O)C1=C(c2ccccc2)N=c2s/c(=C/c3cc(C)n(-c4cccc(C(=O)OC)c4C)c3C)c(=O)n2[C@H]1c1ccc(OC)cc1. The zero-order valence-electron chi connectivity index (χ0n) is 27.6. The van der Waals surface area contributed by atoms with E-state index in [2.05, 4.69) is 4.57 Å². The van der Waals surface area contributed by atoms with Gasteiger partial charge < -0.3 is 18.8 Å². The molecule has 3 aromatic carbocycles. The molecule has 5 aromatic rings. The lowest BCUT2D eigenvalue weighted by Gasteiger charge is -2.26. The summed E-state index contributed by atoms with van der Waals surface area (Å²) in [6.07, 6.45) is 1.86. The first-order chi connectivity index (χ1) is 23.2. The number of thiazole rings is 1. The number of fused-ring (bicyclic) bond motifs is 1. The minimum atomic E-state index is -0.792. The smallest absolute Gasteiger partial charge is 0.338 e. The van der Waals surface area contributed by atoms with Crippen LogP contribution in [-0.2, 0) is 14.3 Å². The van der Waals surface area contributed by atoms with Gasteiger partial charge in [-0.15, -0.1) is 0 Å². The molecule has 0 amide bonds. The van der Waals surface area contributed by atoms with Crippen molar-refractivity contribution in [3.8, 4) is 11.4 Å². The second-order valence-corrected chi connectivity index (χ2v) is 12.3. The molecule has 0 radical (unpaired) electrons. The number of benzene rings is 3. The van der Waals surface area contributed by atoms with E-state index in [9.17, 15) is 14.4 Å². The molecule has 0 fully saturated rings. The van der Waals surface area contributed by atoms with Crippen LogP contribution in [0.15, 0.2) is 94.2 Å². The van der Waals surface area contributed by atoms with Gasteiger partial charge >= 0.3 is 11.9 Å². The average Bonchev–Trinajstić information content (AvgIpc) is 3.57. The number of esters is 2. The summed E-state index contributed by atoms with van der Waals surface area (Å²) < 4.78 is 20.1. The molecule has 1 aliphatic heterocycles. The summed E-state index contributed by atoms with van der Waals surface area (Å²) in [5, 5.41) is 0. The Morgan fingerprint density at radius 2 is 1.67 bits per heavy atom. The number of hydrogen-bond acceptors (Lipinski definition) is 8. The van der Waals surface area contributed by atoms with Gasteiger partial charge in [-0.2, -0.15) is 0 Å². The number of aryl methyl sites for hydroxylation is 1. The van der Waals surface area contributed by atoms with E-state index in [1.807, 2.05) is 99.6 Å². The Hall–Kier alpha value is -5.48. The van der Waals surface area contributed by atoms with Gasteiger partial charge in [-0.05, 0) is 80.8 Å². The number of ether oxygens (including phenoxy) is 3. The summed E-state index contributed by atoms with van der Waals surface area (Å²) >= 11 is 1.27. The molecule has 0 spiro atoms. The fourth-order valence-corrected chi connectivity index (χ4v) is 7.18. The van der Waals surface area contributed by atoms with Crippen molar-refractivity contribution in [1.82, 2.24) is 9.13 Å². The summed E-state index contributed by atoms with van der Waals surface area (Å²) in [7, 11) is 2.95. The molecule has 0 saturated heterocycles. The fraction of sp³-hybridized carbons (Fsp3) is 0.211. The van der Waals surface area contributed by atoms with Crippen molar-refractivity contribution in [3.63, 3.8) is 0 Å². The zero-order valence-corrected chi connectivity index (χ0v) is 28.4. The maximum atomic E-state index is 14.4. The Bertz CT molecular complexity index is 2260. The Labute approximate surface area is 281 Å². The molecule has 2 aromatic heterocycles. The predicted octanol–water partition coefficient (Wildman–Crippen LogP) is 5.45. The molecule has 1 aliphatic rings. The third kappa shape index (κ3) is 5.68. The highest BCUT2D eigenvalue weighted by Gasteiger charge is 2.35. The van der Waals surface area contributed by atoms with Gasteiger partial charge in [-0.1, -0.05) is 59.9 Å². The van der Waals surface area contributed by atoms with Crippen molar-refractivity contribution in [2.75, 3.05) is 20.8 Å². The number of methoxy groups -OCH3 is 2. The average molecular weight is 662 g/mol. The van der Waals surface area contributed by atoms with E-state index in [0.29, 0.717) is 31.9 Å². The van der Waals surface area contributed by atoms with Crippen molar-refractivity contribution in [2.24, 2.45) is 4.99 Å². The quantitative estimate of drug-likeness (QED) is 0.205. The van der Waals surface area contributed by atoms with Crippen molar-refractivity contribution in [1.29, 1.82) is 0 Å². The van der Waals surface area contributed by atoms with Crippen LogP contribution in [0.2, 0.25) is 0 Å². The largest absolute Gasteiger partial charge is 0.497 e. The molecular weight excluding hydrogens is 627 g/mol. The molecule has 244 valence electrons. The second kappa shape index (κ2) is 13.3. The van der Waals surface area contributed by atoms with Gasteiger partial charge in [0.2, 0.25) is 0 Å². The Kier molecular flexibility index (Phi) is 9.01. The first-order valence-corrected chi connectivity index (χ1v) is 16.3.